The van der Waals surface area contributed by atoms with Gasteiger partial charge < -0.3 is 10.6 Å². The van der Waals surface area contributed by atoms with Crippen molar-refractivity contribution < 1.29 is 18.8 Å². The number of thiazole rings is 1. The molecule has 152 valence electrons. The van der Waals surface area contributed by atoms with Gasteiger partial charge in [0.25, 0.3) is 5.91 Å². The molecule has 2 heterocycles. The maximum atomic E-state index is 13.1. The molecule has 1 aromatic heterocycles. The SMILES string of the molecule is CC1(c2ccccc2)NC(=O)N(CC(=O)Nc2nc(-c3ccc(F)cc3)cs2)C1=O. The molecule has 0 radical (unpaired) electrons. The lowest BCUT2D eigenvalue weighted by Gasteiger charge is -2.21. The molecule has 0 bridgehead atoms. The smallest absolute Gasteiger partial charge is 0.319 e. The van der Waals surface area contributed by atoms with Crippen LogP contribution in [0.3, 0.4) is 0 Å². The predicted octanol–water partition coefficient (Wildman–Crippen LogP) is 3.35. The van der Waals surface area contributed by atoms with Gasteiger partial charge in [-0.1, -0.05) is 30.3 Å². The molecule has 1 unspecified atom stereocenters. The van der Waals surface area contributed by atoms with Gasteiger partial charge in [-0.05, 0) is 36.8 Å². The second kappa shape index (κ2) is 7.68. The average Bonchev–Trinajstić information content (AvgIpc) is 3.28. The van der Waals surface area contributed by atoms with E-state index in [-0.39, 0.29) is 5.82 Å². The van der Waals surface area contributed by atoms with Crippen LogP contribution in [0.5, 0.6) is 0 Å². The molecular weight excluding hydrogens is 407 g/mol. The third-order valence-corrected chi connectivity index (χ3v) is 5.58. The van der Waals surface area contributed by atoms with Crippen molar-refractivity contribution in [3.8, 4) is 11.3 Å². The number of benzene rings is 2. The van der Waals surface area contributed by atoms with Crippen LogP contribution in [0.2, 0.25) is 0 Å². The Hall–Kier alpha value is -3.59. The van der Waals surface area contributed by atoms with Crippen LogP contribution in [0.25, 0.3) is 11.3 Å². The van der Waals surface area contributed by atoms with Gasteiger partial charge in [0, 0.05) is 10.9 Å². The van der Waals surface area contributed by atoms with E-state index >= 15 is 0 Å². The Labute approximate surface area is 175 Å². The Bertz CT molecular complexity index is 1120. The molecule has 3 aromatic rings. The summed E-state index contributed by atoms with van der Waals surface area (Å²) in [4.78, 5) is 42.8. The number of hydrogen-bond acceptors (Lipinski definition) is 5. The number of halogens is 1. The molecule has 9 heteroatoms. The largest absolute Gasteiger partial charge is 0.325 e. The van der Waals surface area contributed by atoms with E-state index < -0.39 is 29.9 Å². The fourth-order valence-electron chi connectivity index (χ4n) is 3.19. The molecule has 1 saturated heterocycles. The van der Waals surface area contributed by atoms with Gasteiger partial charge in [-0.2, -0.15) is 0 Å². The average molecular weight is 424 g/mol. The fraction of sp³-hybridized carbons (Fsp3) is 0.143. The van der Waals surface area contributed by atoms with Gasteiger partial charge >= 0.3 is 6.03 Å². The Morgan fingerprint density at radius 1 is 1.17 bits per heavy atom. The summed E-state index contributed by atoms with van der Waals surface area (Å²) in [6.07, 6.45) is 0. The van der Waals surface area contributed by atoms with Gasteiger partial charge in [0.15, 0.2) is 5.13 Å². The van der Waals surface area contributed by atoms with Gasteiger partial charge in [-0.15, -0.1) is 11.3 Å². The van der Waals surface area contributed by atoms with Gasteiger partial charge in [-0.25, -0.2) is 14.2 Å². The van der Waals surface area contributed by atoms with Crippen LogP contribution in [0.4, 0.5) is 14.3 Å². The minimum absolute atomic E-state index is 0.317. The first-order chi connectivity index (χ1) is 14.4. The van der Waals surface area contributed by atoms with Crippen LogP contribution in [-0.4, -0.2) is 34.3 Å². The van der Waals surface area contributed by atoms with E-state index in [0.29, 0.717) is 22.0 Å². The van der Waals surface area contributed by atoms with E-state index in [1.165, 1.54) is 23.5 Å². The summed E-state index contributed by atoms with van der Waals surface area (Å²) >= 11 is 1.19. The Balaban J connectivity index is 1.44. The van der Waals surface area contributed by atoms with Crippen LogP contribution in [0.1, 0.15) is 12.5 Å². The van der Waals surface area contributed by atoms with Crippen molar-refractivity contribution >= 4 is 34.3 Å². The number of nitrogens with one attached hydrogen (secondary N) is 2. The van der Waals surface area contributed by atoms with Gasteiger partial charge in [0.1, 0.15) is 17.9 Å². The van der Waals surface area contributed by atoms with E-state index in [1.54, 1.807) is 48.7 Å². The van der Waals surface area contributed by atoms with Crippen LogP contribution in [0, 0.1) is 5.82 Å². The number of imide groups is 1. The molecule has 0 saturated carbocycles. The third kappa shape index (κ3) is 3.67. The first-order valence-electron chi connectivity index (χ1n) is 9.08. The summed E-state index contributed by atoms with van der Waals surface area (Å²) < 4.78 is 13.1. The molecule has 1 atom stereocenters. The highest BCUT2D eigenvalue weighted by Gasteiger charge is 2.49. The molecule has 1 fully saturated rings. The van der Waals surface area contributed by atoms with Crippen LogP contribution >= 0.6 is 11.3 Å². The summed E-state index contributed by atoms with van der Waals surface area (Å²) in [5.74, 6) is -1.39. The summed E-state index contributed by atoms with van der Waals surface area (Å²) in [6, 6.07) is 14.1. The van der Waals surface area contributed by atoms with Crippen LogP contribution in [0.15, 0.2) is 60.0 Å². The van der Waals surface area contributed by atoms with Gasteiger partial charge in [0.2, 0.25) is 5.91 Å². The van der Waals surface area contributed by atoms with Gasteiger partial charge in [0.05, 0.1) is 5.69 Å². The number of aromatic nitrogens is 1. The normalized spacial score (nSPS) is 18.4. The van der Waals surface area contributed by atoms with Gasteiger partial charge in [-0.3, -0.25) is 14.5 Å². The second-order valence-corrected chi connectivity index (χ2v) is 7.76. The predicted molar refractivity (Wildman–Crippen MR) is 110 cm³/mol. The minimum Gasteiger partial charge on any atom is -0.319 e. The molecule has 2 aromatic carbocycles. The second-order valence-electron chi connectivity index (χ2n) is 6.91. The summed E-state index contributed by atoms with van der Waals surface area (Å²) in [7, 11) is 0. The monoisotopic (exact) mass is 424 g/mol. The molecule has 7 nitrogen and oxygen atoms in total. The molecular formula is C21H17FN4O3S. The zero-order chi connectivity index (χ0) is 21.3. The van der Waals surface area contributed by atoms with Crippen LogP contribution in [-0.2, 0) is 15.1 Å². The Morgan fingerprint density at radius 3 is 2.57 bits per heavy atom. The number of urea groups is 1. The lowest BCUT2D eigenvalue weighted by molar-refractivity contribution is -0.133. The maximum Gasteiger partial charge on any atom is 0.325 e. The maximum absolute atomic E-state index is 13.1. The molecule has 0 aliphatic carbocycles. The number of amides is 4. The van der Waals surface area contributed by atoms with Crippen molar-refractivity contribution in [1.29, 1.82) is 0 Å². The number of hydrogen-bond donors (Lipinski definition) is 2. The van der Waals surface area contributed by atoms with E-state index in [9.17, 15) is 18.8 Å². The molecule has 0 spiro atoms. The minimum atomic E-state index is -1.23. The molecule has 1 aliphatic heterocycles. The summed E-state index contributed by atoms with van der Waals surface area (Å²) in [5, 5.41) is 7.30. The number of carbonyl (C=O) groups excluding carboxylic acids is 3. The Kier molecular flexibility index (Phi) is 5.04. The zero-order valence-electron chi connectivity index (χ0n) is 15.9. The standard InChI is InChI=1S/C21H17FN4O3S/c1-21(14-5-3-2-4-6-14)18(28)26(20(29)25-21)11-17(27)24-19-23-16(12-30-19)13-7-9-15(22)10-8-13/h2-10,12H,11H2,1H3,(H,25,29)(H,23,24,27). The molecule has 1 aliphatic rings. The fourth-order valence-corrected chi connectivity index (χ4v) is 3.93. The first-order valence-corrected chi connectivity index (χ1v) is 9.96. The number of anilines is 1. The number of rotatable bonds is 5. The first kappa shape index (κ1) is 19.7. The van der Waals surface area contributed by atoms with E-state index in [1.807, 2.05) is 6.07 Å². The highest BCUT2D eigenvalue weighted by molar-refractivity contribution is 7.14. The third-order valence-electron chi connectivity index (χ3n) is 4.82. The zero-order valence-corrected chi connectivity index (χ0v) is 16.7. The molecule has 30 heavy (non-hydrogen) atoms. The lowest BCUT2D eigenvalue weighted by atomic mass is 9.92. The quantitative estimate of drug-likeness (QED) is 0.615. The van der Waals surface area contributed by atoms with E-state index in [4.69, 9.17) is 0 Å². The van der Waals surface area contributed by atoms with Crippen molar-refractivity contribution in [1.82, 2.24) is 15.2 Å². The highest BCUT2D eigenvalue weighted by Crippen LogP contribution is 2.29. The topological polar surface area (TPSA) is 91.4 Å². The van der Waals surface area contributed by atoms with Crippen molar-refractivity contribution in [2.45, 2.75) is 12.5 Å². The lowest BCUT2D eigenvalue weighted by Crippen LogP contribution is -2.42. The number of nitrogens with zero attached hydrogens (tertiary/aromatic N) is 2. The van der Waals surface area contributed by atoms with Crippen molar-refractivity contribution in [2.75, 3.05) is 11.9 Å². The molecule has 4 rings (SSSR count). The molecule has 4 amide bonds. The van der Waals surface area contributed by atoms with E-state index in [0.717, 1.165) is 4.90 Å². The Morgan fingerprint density at radius 2 is 1.87 bits per heavy atom. The van der Waals surface area contributed by atoms with Crippen molar-refractivity contribution in [2.24, 2.45) is 0 Å². The molecule has 2 N–H and O–H groups in total. The highest BCUT2D eigenvalue weighted by atomic mass is 32.1. The number of carbonyl (C=O) groups is 3. The van der Waals surface area contributed by atoms with Crippen molar-refractivity contribution in [3.63, 3.8) is 0 Å². The summed E-state index contributed by atoms with van der Waals surface area (Å²) in [5.41, 5.74) is 0.702. The van der Waals surface area contributed by atoms with Crippen LogP contribution < -0.4 is 10.6 Å². The van der Waals surface area contributed by atoms with E-state index in [2.05, 4.69) is 15.6 Å². The summed E-state index contributed by atoms with van der Waals surface area (Å²) in [6.45, 7) is 1.18. The van der Waals surface area contributed by atoms with Crippen molar-refractivity contribution in [3.05, 3.63) is 71.4 Å².